The van der Waals surface area contributed by atoms with Crippen LogP contribution in [0.25, 0.3) is 0 Å². The molecule has 0 saturated carbocycles. The number of hydrogen-bond donors (Lipinski definition) is 0. The highest BCUT2D eigenvalue weighted by molar-refractivity contribution is 6.07. The Labute approximate surface area is 108 Å². The number of carbonyl (C=O) groups excluding carboxylic acids is 1. The van der Waals surface area contributed by atoms with Gasteiger partial charge in [0.15, 0.2) is 5.54 Å². The SMILES string of the molecule is CC1(C)N=C(c2ccc(C(C)(C)C)cc2)OC1=O. The molecule has 1 aliphatic heterocycles. The van der Waals surface area contributed by atoms with Crippen LogP contribution in [0.5, 0.6) is 0 Å². The first-order chi connectivity index (χ1) is 8.20. The number of nitrogens with zero attached hydrogens (tertiary/aromatic N) is 1. The molecule has 96 valence electrons. The zero-order valence-electron chi connectivity index (χ0n) is 11.6. The number of aliphatic imine (C=N–C) groups is 1. The first-order valence-electron chi connectivity index (χ1n) is 6.13. The average Bonchev–Trinajstić information content (AvgIpc) is 2.53. The van der Waals surface area contributed by atoms with Crippen LogP contribution in [0.15, 0.2) is 29.3 Å². The molecule has 1 aliphatic rings. The lowest BCUT2D eigenvalue weighted by Crippen LogP contribution is -2.25. The molecule has 0 N–H and O–H groups in total. The Bertz CT molecular complexity index is 504. The van der Waals surface area contributed by atoms with Crippen LogP contribution in [0, 0.1) is 0 Å². The molecule has 1 aromatic carbocycles. The number of benzene rings is 1. The van der Waals surface area contributed by atoms with Crippen molar-refractivity contribution in [1.82, 2.24) is 0 Å². The lowest BCUT2D eigenvalue weighted by molar-refractivity contribution is -0.137. The van der Waals surface area contributed by atoms with Crippen molar-refractivity contribution in [2.45, 2.75) is 45.6 Å². The largest absolute Gasteiger partial charge is 0.405 e. The Morgan fingerprint density at radius 1 is 1.11 bits per heavy atom. The third-order valence-corrected chi connectivity index (χ3v) is 3.07. The van der Waals surface area contributed by atoms with Crippen molar-refractivity contribution < 1.29 is 9.53 Å². The molecule has 0 aromatic heterocycles. The van der Waals surface area contributed by atoms with Crippen molar-refractivity contribution in [3.8, 4) is 0 Å². The van der Waals surface area contributed by atoms with E-state index in [0.29, 0.717) is 5.90 Å². The number of cyclic esters (lactones) is 1. The van der Waals surface area contributed by atoms with E-state index in [-0.39, 0.29) is 11.4 Å². The molecular weight excluding hydrogens is 226 g/mol. The van der Waals surface area contributed by atoms with Gasteiger partial charge in [-0.25, -0.2) is 9.79 Å². The highest BCUT2D eigenvalue weighted by Crippen LogP contribution is 2.25. The van der Waals surface area contributed by atoms with E-state index in [4.69, 9.17) is 4.74 Å². The molecular formula is C15H19NO2. The fraction of sp³-hybridized carbons (Fsp3) is 0.467. The van der Waals surface area contributed by atoms with Crippen molar-refractivity contribution in [3.05, 3.63) is 35.4 Å². The predicted octanol–water partition coefficient (Wildman–Crippen LogP) is 3.07. The third-order valence-electron chi connectivity index (χ3n) is 3.07. The molecule has 2 rings (SSSR count). The molecule has 0 atom stereocenters. The molecule has 0 aliphatic carbocycles. The smallest absolute Gasteiger partial charge is 0.340 e. The summed E-state index contributed by atoms with van der Waals surface area (Å²) < 4.78 is 5.20. The summed E-state index contributed by atoms with van der Waals surface area (Å²) in [5, 5.41) is 0. The van der Waals surface area contributed by atoms with Gasteiger partial charge < -0.3 is 4.74 Å². The lowest BCUT2D eigenvalue weighted by Gasteiger charge is -2.18. The summed E-state index contributed by atoms with van der Waals surface area (Å²) in [6.45, 7) is 10.0. The van der Waals surface area contributed by atoms with Gasteiger partial charge in [-0.1, -0.05) is 32.9 Å². The molecule has 18 heavy (non-hydrogen) atoms. The van der Waals surface area contributed by atoms with Gasteiger partial charge in [0, 0.05) is 5.56 Å². The van der Waals surface area contributed by atoms with Gasteiger partial charge >= 0.3 is 5.97 Å². The molecule has 0 amide bonds. The normalized spacial score (nSPS) is 18.5. The van der Waals surface area contributed by atoms with Crippen LogP contribution in [0.3, 0.4) is 0 Å². The summed E-state index contributed by atoms with van der Waals surface area (Å²) in [5.74, 6) is 0.128. The fourth-order valence-electron chi connectivity index (χ4n) is 1.77. The average molecular weight is 245 g/mol. The Kier molecular flexibility index (Phi) is 2.80. The molecule has 1 heterocycles. The Morgan fingerprint density at radius 2 is 1.67 bits per heavy atom. The fourth-order valence-corrected chi connectivity index (χ4v) is 1.77. The van der Waals surface area contributed by atoms with Crippen molar-refractivity contribution in [1.29, 1.82) is 0 Å². The van der Waals surface area contributed by atoms with E-state index in [9.17, 15) is 4.79 Å². The quantitative estimate of drug-likeness (QED) is 0.713. The van der Waals surface area contributed by atoms with Crippen LogP contribution in [-0.2, 0) is 14.9 Å². The van der Waals surface area contributed by atoms with E-state index < -0.39 is 5.54 Å². The maximum absolute atomic E-state index is 11.6. The standard InChI is InChI=1S/C15H19NO2/c1-14(2,3)11-8-6-10(7-9-11)12-16-15(4,5)13(17)18-12/h6-9H,1-5H3. The lowest BCUT2D eigenvalue weighted by atomic mass is 9.87. The van der Waals surface area contributed by atoms with Gasteiger partial charge in [0.2, 0.25) is 5.90 Å². The molecule has 0 unspecified atom stereocenters. The first-order valence-corrected chi connectivity index (χ1v) is 6.13. The van der Waals surface area contributed by atoms with Crippen molar-refractivity contribution >= 4 is 11.9 Å². The number of carbonyl (C=O) groups is 1. The highest BCUT2D eigenvalue weighted by Gasteiger charge is 2.37. The van der Waals surface area contributed by atoms with Crippen molar-refractivity contribution in [2.24, 2.45) is 4.99 Å². The minimum atomic E-state index is -0.766. The van der Waals surface area contributed by atoms with Crippen LogP contribution >= 0.6 is 0 Å². The maximum atomic E-state index is 11.6. The van der Waals surface area contributed by atoms with Gasteiger partial charge in [-0.2, -0.15) is 0 Å². The van der Waals surface area contributed by atoms with Crippen LogP contribution in [0.2, 0.25) is 0 Å². The predicted molar refractivity (Wildman–Crippen MR) is 71.9 cm³/mol. The molecule has 0 spiro atoms. The molecule has 0 saturated heterocycles. The zero-order chi connectivity index (χ0) is 13.6. The molecule has 1 aromatic rings. The van der Waals surface area contributed by atoms with Gasteiger partial charge in [0.25, 0.3) is 0 Å². The molecule has 3 nitrogen and oxygen atoms in total. The Hall–Kier alpha value is -1.64. The van der Waals surface area contributed by atoms with E-state index in [1.165, 1.54) is 5.56 Å². The zero-order valence-corrected chi connectivity index (χ0v) is 11.6. The van der Waals surface area contributed by atoms with Crippen molar-refractivity contribution in [3.63, 3.8) is 0 Å². The number of esters is 1. The van der Waals surface area contributed by atoms with Gasteiger partial charge in [0.1, 0.15) is 0 Å². The first kappa shape index (κ1) is 12.8. The number of ether oxygens (including phenoxy) is 1. The summed E-state index contributed by atoms with van der Waals surface area (Å²) in [7, 11) is 0. The van der Waals surface area contributed by atoms with E-state index in [1.54, 1.807) is 13.8 Å². The van der Waals surface area contributed by atoms with Crippen LogP contribution in [0.1, 0.15) is 45.7 Å². The monoisotopic (exact) mass is 245 g/mol. The van der Waals surface area contributed by atoms with Crippen LogP contribution in [0.4, 0.5) is 0 Å². The van der Waals surface area contributed by atoms with E-state index in [2.05, 4.69) is 37.9 Å². The van der Waals surface area contributed by atoms with E-state index in [0.717, 1.165) is 5.56 Å². The maximum Gasteiger partial charge on any atom is 0.340 e. The summed E-state index contributed by atoms with van der Waals surface area (Å²) in [4.78, 5) is 15.9. The summed E-state index contributed by atoms with van der Waals surface area (Å²) in [6.07, 6.45) is 0. The molecule has 3 heteroatoms. The summed E-state index contributed by atoms with van der Waals surface area (Å²) in [5.41, 5.74) is 1.45. The second kappa shape index (κ2) is 3.94. The number of rotatable bonds is 1. The van der Waals surface area contributed by atoms with E-state index >= 15 is 0 Å². The second-order valence-electron chi connectivity index (χ2n) is 6.19. The third kappa shape index (κ3) is 2.30. The van der Waals surface area contributed by atoms with E-state index in [1.807, 2.05) is 12.1 Å². The van der Waals surface area contributed by atoms with Crippen LogP contribution in [-0.4, -0.2) is 17.4 Å². The van der Waals surface area contributed by atoms with Crippen LogP contribution < -0.4 is 0 Å². The Balaban J connectivity index is 2.30. The topological polar surface area (TPSA) is 38.7 Å². The van der Waals surface area contributed by atoms with Gasteiger partial charge in [-0.15, -0.1) is 0 Å². The highest BCUT2D eigenvalue weighted by atomic mass is 16.6. The second-order valence-corrected chi connectivity index (χ2v) is 6.19. The number of hydrogen-bond acceptors (Lipinski definition) is 3. The Morgan fingerprint density at radius 3 is 2.06 bits per heavy atom. The summed E-state index contributed by atoms with van der Waals surface area (Å²) in [6, 6.07) is 8.01. The van der Waals surface area contributed by atoms with Crippen molar-refractivity contribution in [2.75, 3.05) is 0 Å². The molecule has 0 radical (unpaired) electrons. The van der Waals surface area contributed by atoms with Gasteiger partial charge in [-0.05, 0) is 37.0 Å². The van der Waals surface area contributed by atoms with Gasteiger partial charge in [-0.3, -0.25) is 0 Å². The molecule has 0 bridgehead atoms. The van der Waals surface area contributed by atoms with Gasteiger partial charge in [0.05, 0.1) is 0 Å². The summed E-state index contributed by atoms with van der Waals surface area (Å²) >= 11 is 0. The minimum absolute atomic E-state index is 0.117. The minimum Gasteiger partial charge on any atom is -0.405 e. The molecule has 0 fully saturated rings.